The minimum absolute atomic E-state index is 0.0775. The van der Waals surface area contributed by atoms with Crippen LogP contribution in [0.3, 0.4) is 0 Å². The third-order valence-electron chi connectivity index (χ3n) is 3.05. The zero-order valence-electron chi connectivity index (χ0n) is 12.3. The van der Waals surface area contributed by atoms with Crippen LogP contribution in [0.15, 0.2) is 30.3 Å². The molecule has 0 aliphatic rings. The molecular weight excluding hydrogens is 255 g/mol. The average Bonchev–Trinajstić information content (AvgIpc) is 2.73. The van der Waals surface area contributed by atoms with Crippen LogP contribution in [0.5, 0.6) is 0 Å². The van der Waals surface area contributed by atoms with Crippen LogP contribution in [-0.2, 0) is 16.6 Å². The van der Waals surface area contributed by atoms with E-state index in [9.17, 15) is 9.18 Å². The quantitative estimate of drug-likeness (QED) is 0.859. The second-order valence-electron chi connectivity index (χ2n) is 6.04. The summed E-state index contributed by atoms with van der Waals surface area (Å²) < 4.78 is 14.7. The Morgan fingerprint density at radius 2 is 1.85 bits per heavy atom. The Morgan fingerprint density at radius 3 is 2.35 bits per heavy atom. The van der Waals surface area contributed by atoms with Crippen LogP contribution in [0.4, 0.5) is 4.39 Å². The number of aromatic nitrogens is 2. The van der Waals surface area contributed by atoms with Crippen LogP contribution >= 0.6 is 0 Å². The van der Waals surface area contributed by atoms with E-state index < -0.39 is 0 Å². The van der Waals surface area contributed by atoms with Crippen molar-refractivity contribution in [3.8, 4) is 5.69 Å². The van der Waals surface area contributed by atoms with Crippen LogP contribution in [0.25, 0.3) is 5.69 Å². The molecule has 0 saturated carbocycles. The van der Waals surface area contributed by atoms with Crippen LogP contribution in [-0.4, -0.2) is 15.6 Å². The van der Waals surface area contributed by atoms with Crippen molar-refractivity contribution < 1.29 is 9.18 Å². The zero-order valence-corrected chi connectivity index (χ0v) is 12.3. The maximum Gasteiger partial charge on any atom is 0.135 e. The Hall–Kier alpha value is -1.97. The number of Topliss-reactive ketones (excluding diaryl/α,β-unsaturated/α-hetero) is 1. The fourth-order valence-corrected chi connectivity index (χ4v) is 1.97. The van der Waals surface area contributed by atoms with E-state index in [1.165, 1.54) is 12.1 Å². The van der Waals surface area contributed by atoms with E-state index in [0.717, 1.165) is 17.1 Å². The lowest BCUT2D eigenvalue weighted by Crippen LogP contribution is -2.12. The molecule has 1 aromatic carbocycles. The predicted octanol–water partition coefficient (Wildman–Crippen LogP) is 3.44. The molecule has 1 heterocycles. The van der Waals surface area contributed by atoms with Gasteiger partial charge in [0.2, 0.25) is 0 Å². The van der Waals surface area contributed by atoms with Crippen molar-refractivity contribution in [3.05, 3.63) is 47.5 Å². The highest BCUT2D eigenvalue weighted by Crippen LogP contribution is 2.24. The first-order chi connectivity index (χ1) is 9.27. The molecular formula is C16H19FN2O. The summed E-state index contributed by atoms with van der Waals surface area (Å²) in [6.07, 6.45) is 0.320. The summed E-state index contributed by atoms with van der Waals surface area (Å²) in [5.41, 5.74) is 2.40. The summed E-state index contributed by atoms with van der Waals surface area (Å²) in [5, 5.41) is 4.58. The highest BCUT2D eigenvalue weighted by atomic mass is 19.1. The number of benzene rings is 1. The number of carbonyl (C=O) groups excluding carboxylic acids is 1. The topological polar surface area (TPSA) is 34.9 Å². The van der Waals surface area contributed by atoms with E-state index >= 15 is 0 Å². The molecule has 0 atom stereocenters. The normalized spacial score (nSPS) is 11.7. The lowest BCUT2D eigenvalue weighted by atomic mass is 9.92. The van der Waals surface area contributed by atoms with Crippen molar-refractivity contribution in [3.63, 3.8) is 0 Å². The molecule has 0 amide bonds. The van der Waals surface area contributed by atoms with Gasteiger partial charge in [0.1, 0.15) is 11.6 Å². The lowest BCUT2D eigenvalue weighted by molar-refractivity contribution is -0.116. The molecule has 0 saturated heterocycles. The van der Waals surface area contributed by atoms with E-state index in [0.29, 0.717) is 6.42 Å². The number of rotatable bonds is 3. The molecule has 0 aliphatic carbocycles. The molecule has 0 bridgehead atoms. The van der Waals surface area contributed by atoms with Crippen molar-refractivity contribution in [2.45, 2.75) is 39.5 Å². The number of hydrogen-bond acceptors (Lipinski definition) is 2. The molecule has 0 spiro atoms. The van der Waals surface area contributed by atoms with E-state index in [-0.39, 0.29) is 17.0 Å². The fourth-order valence-electron chi connectivity index (χ4n) is 1.97. The number of nitrogens with zero attached hydrogens (tertiary/aromatic N) is 2. The standard InChI is InChI=1S/C16H19FN2O/c1-11(20)9-14-10-15(16(2,3)4)18-19(14)13-7-5-12(17)6-8-13/h5-8,10H,9H2,1-4H3. The Kier molecular flexibility index (Phi) is 3.75. The summed E-state index contributed by atoms with van der Waals surface area (Å²) in [6, 6.07) is 8.07. The molecule has 0 radical (unpaired) electrons. The van der Waals surface area contributed by atoms with Crippen molar-refractivity contribution in [2.75, 3.05) is 0 Å². The monoisotopic (exact) mass is 274 g/mol. The van der Waals surface area contributed by atoms with Gasteiger partial charge >= 0.3 is 0 Å². The van der Waals surface area contributed by atoms with Crippen LogP contribution in [0.2, 0.25) is 0 Å². The van der Waals surface area contributed by atoms with Gasteiger partial charge in [0.05, 0.1) is 17.1 Å². The Bertz CT molecular complexity index is 621. The van der Waals surface area contributed by atoms with Crippen molar-refractivity contribution in [1.82, 2.24) is 9.78 Å². The first-order valence-electron chi connectivity index (χ1n) is 6.62. The second-order valence-corrected chi connectivity index (χ2v) is 6.04. The lowest BCUT2D eigenvalue weighted by Gasteiger charge is -2.14. The first-order valence-corrected chi connectivity index (χ1v) is 6.62. The SMILES string of the molecule is CC(=O)Cc1cc(C(C)(C)C)nn1-c1ccc(F)cc1. The van der Waals surface area contributed by atoms with Gasteiger partial charge in [-0.3, -0.25) is 4.79 Å². The number of ketones is 1. The van der Waals surface area contributed by atoms with E-state index in [2.05, 4.69) is 25.9 Å². The molecule has 0 aliphatic heterocycles. The smallest absolute Gasteiger partial charge is 0.135 e. The van der Waals surface area contributed by atoms with Gasteiger partial charge in [-0.2, -0.15) is 5.10 Å². The molecule has 1 aromatic heterocycles. The average molecular weight is 274 g/mol. The van der Waals surface area contributed by atoms with Gasteiger partial charge in [-0.1, -0.05) is 20.8 Å². The van der Waals surface area contributed by atoms with E-state index in [1.807, 2.05) is 6.07 Å². The molecule has 4 heteroatoms. The van der Waals surface area contributed by atoms with Gasteiger partial charge in [-0.05, 0) is 37.3 Å². The number of carbonyl (C=O) groups is 1. The summed E-state index contributed by atoms with van der Waals surface area (Å²) >= 11 is 0. The summed E-state index contributed by atoms with van der Waals surface area (Å²) in [6.45, 7) is 7.77. The maximum atomic E-state index is 13.0. The van der Waals surface area contributed by atoms with Gasteiger partial charge in [0, 0.05) is 11.8 Å². The molecule has 0 fully saturated rings. The van der Waals surface area contributed by atoms with Crippen molar-refractivity contribution >= 4 is 5.78 Å². The summed E-state index contributed by atoms with van der Waals surface area (Å²) in [4.78, 5) is 11.4. The van der Waals surface area contributed by atoms with Crippen molar-refractivity contribution in [1.29, 1.82) is 0 Å². The van der Waals surface area contributed by atoms with Gasteiger partial charge in [-0.25, -0.2) is 9.07 Å². The molecule has 2 rings (SSSR count). The molecule has 106 valence electrons. The minimum Gasteiger partial charge on any atom is -0.300 e. The first kappa shape index (κ1) is 14.4. The van der Waals surface area contributed by atoms with Crippen LogP contribution < -0.4 is 0 Å². The highest BCUT2D eigenvalue weighted by molar-refractivity contribution is 5.78. The van der Waals surface area contributed by atoms with E-state index in [4.69, 9.17) is 0 Å². The Labute approximate surface area is 118 Å². The highest BCUT2D eigenvalue weighted by Gasteiger charge is 2.21. The third kappa shape index (κ3) is 3.13. The zero-order chi connectivity index (χ0) is 14.9. The molecule has 20 heavy (non-hydrogen) atoms. The van der Waals surface area contributed by atoms with Crippen LogP contribution in [0, 0.1) is 5.82 Å². The summed E-state index contributed by atoms with van der Waals surface area (Å²) in [5.74, 6) is -0.209. The van der Waals surface area contributed by atoms with Crippen molar-refractivity contribution in [2.24, 2.45) is 0 Å². The third-order valence-corrected chi connectivity index (χ3v) is 3.05. The molecule has 2 aromatic rings. The number of halogens is 1. The van der Waals surface area contributed by atoms with Gasteiger partial charge in [-0.15, -0.1) is 0 Å². The maximum absolute atomic E-state index is 13.0. The Morgan fingerprint density at radius 1 is 1.25 bits per heavy atom. The van der Waals surface area contributed by atoms with Gasteiger partial charge in [0.25, 0.3) is 0 Å². The molecule has 3 nitrogen and oxygen atoms in total. The number of hydrogen-bond donors (Lipinski definition) is 0. The Balaban J connectivity index is 2.52. The van der Waals surface area contributed by atoms with Crippen LogP contribution in [0.1, 0.15) is 39.1 Å². The molecule has 0 N–H and O–H groups in total. The van der Waals surface area contributed by atoms with Gasteiger partial charge < -0.3 is 0 Å². The molecule has 0 unspecified atom stereocenters. The van der Waals surface area contributed by atoms with Gasteiger partial charge in [0.15, 0.2) is 0 Å². The predicted molar refractivity (Wildman–Crippen MR) is 76.6 cm³/mol. The summed E-state index contributed by atoms with van der Waals surface area (Å²) in [7, 11) is 0. The fraction of sp³-hybridized carbons (Fsp3) is 0.375. The second kappa shape index (κ2) is 5.19. The van der Waals surface area contributed by atoms with E-state index in [1.54, 1.807) is 23.7 Å². The minimum atomic E-state index is -0.287. The largest absolute Gasteiger partial charge is 0.300 e.